The van der Waals surface area contributed by atoms with E-state index in [1.54, 1.807) is 7.11 Å². The van der Waals surface area contributed by atoms with E-state index in [4.69, 9.17) is 15.5 Å². The molecule has 0 bridgehead atoms. The minimum absolute atomic E-state index is 0.0305. The Bertz CT molecular complexity index is 582. The topological polar surface area (TPSA) is 63.9 Å². The molecule has 3 rings (SSSR count). The van der Waals surface area contributed by atoms with Gasteiger partial charge in [-0.05, 0) is 25.0 Å². The molecule has 1 fully saturated rings. The number of hydrogen-bond donors (Lipinski definition) is 2. The van der Waals surface area contributed by atoms with Crippen molar-refractivity contribution in [3.05, 3.63) is 24.0 Å². The molecule has 0 unspecified atom stereocenters. The molecule has 3 N–H and O–H groups in total. The summed E-state index contributed by atoms with van der Waals surface area (Å²) < 4.78 is 5.28. The second-order valence-corrected chi connectivity index (χ2v) is 5.87. The van der Waals surface area contributed by atoms with Crippen molar-refractivity contribution in [2.75, 3.05) is 13.7 Å². The quantitative estimate of drug-likeness (QED) is 0.844. The summed E-state index contributed by atoms with van der Waals surface area (Å²) in [7, 11) is 1.69. The molecule has 0 radical (unpaired) electrons. The van der Waals surface area contributed by atoms with Gasteiger partial charge < -0.3 is 15.5 Å². The average Bonchev–Trinajstić information content (AvgIpc) is 2.76. The molecular weight excluding hydrogens is 250 g/mol. The van der Waals surface area contributed by atoms with Gasteiger partial charge >= 0.3 is 0 Å². The molecule has 0 saturated heterocycles. The molecule has 1 aliphatic carbocycles. The van der Waals surface area contributed by atoms with Crippen molar-refractivity contribution in [3.8, 4) is 5.75 Å². The van der Waals surface area contributed by atoms with Crippen LogP contribution in [0.25, 0.3) is 11.0 Å². The third-order valence-electron chi connectivity index (χ3n) is 4.64. The van der Waals surface area contributed by atoms with Crippen molar-refractivity contribution < 1.29 is 4.74 Å². The van der Waals surface area contributed by atoms with E-state index >= 15 is 0 Å². The Hall–Kier alpha value is -1.55. The highest BCUT2D eigenvalue weighted by Gasteiger charge is 2.34. The average molecular weight is 273 g/mol. The van der Waals surface area contributed by atoms with Crippen molar-refractivity contribution in [1.82, 2.24) is 9.97 Å². The lowest BCUT2D eigenvalue weighted by atomic mass is 9.79. The molecule has 1 aromatic heterocycles. The molecule has 0 amide bonds. The molecule has 0 atom stereocenters. The Balaban J connectivity index is 2.02. The molecule has 1 aromatic carbocycles. The zero-order chi connectivity index (χ0) is 14.0. The highest BCUT2D eigenvalue weighted by molar-refractivity contribution is 5.77. The van der Waals surface area contributed by atoms with Crippen LogP contribution >= 0.6 is 0 Å². The molecule has 1 aliphatic rings. The largest absolute Gasteiger partial charge is 0.497 e. The number of fused-ring (bicyclic) bond motifs is 1. The molecular formula is C16H23N3O. The van der Waals surface area contributed by atoms with E-state index in [1.165, 1.54) is 25.7 Å². The number of aromatic amines is 1. The van der Waals surface area contributed by atoms with Gasteiger partial charge in [-0.2, -0.15) is 0 Å². The van der Waals surface area contributed by atoms with Gasteiger partial charge in [0.1, 0.15) is 11.6 Å². The maximum Gasteiger partial charge on any atom is 0.121 e. The van der Waals surface area contributed by atoms with E-state index < -0.39 is 0 Å². The van der Waals surface area contributed by atoms with E-state index in [0.29, 0.717) is 6.54 Å². The summed E-state index contributed by atoms with van der Waals surface area (Å²) in [5, 5.41) is 0. The van der Waals surface area contributed by atoms with Crippen LogP contribution in [0.5, 0.6) is 5.75 Å². The van der Waals surface area contributed by atoms with Crippen LogP contribution < -0.4 is 10.5 Å². The van der Waals surface area contributed by atoms with E-state index in [-0.39, 0.29) is 5.41 Å². The fourth-order valence-electron chi connectivity index (χ4n) is 3.31. The minimum Gasteiger partial charge on any atom is -0.497 e. The second-order valence-electron chi connectivity index (χ2n) is 5.87. The summed E-state index contributed by atoms with van der Waals surface area (Å²) in [5.41, 5.74) is 8.20. The summed E-state index contributed by atoms with van der Waals surface area (Å²) >= 11 is 0. The van der Waals surface area contributed by atoms with Crippen LogP contribution in [0.15, 0.2) is 18.2 Å². The van der Waals surface area contributed by atoms with Gasteiger partial charge in [0.25, 0.3) is 0 Å². The first-order valence-electron chi connectivity index (χ1n) is 7.52. The van der Waals surface area contributed by atoms with Crippen LogP contribution in [0.2, 0.25) is 0 Å². The van der Waals surface area contributed by atoms with Crippen LogP contribution in [0.4, 0.5) is 0 Å². The predicted octanol–water partition coefficient (Wildman–Crippen LogP) is 3.12. The number of nitrogens with one attached hydrogen (secondary N) is 1. The number of imidazole rings is 1. The predicted molar refractivity (Wildman–Crippen MR) is 81.1 cm³/mol. The first-order valence-corrected chi connectivity index (χ1v) is 7.52. The first-order chi connectivity index (χ1) is 9.77. The molecule has 20 heavy (non-hydrogen) atoms. The van der Waals surface area contributed by atoms with Gasteiger partial charge in [-0.25, -0.2) is 4.98 Å². The molecule has 0 spiro atoms. The molecule has 0 aliphatic heterocycles. The van der Waals surface area contributed by atoms with Crippen LogP contribution in [0, 0.1) is 0 Å². The monoisotopic (exact) mass is 273 g/mol. The Kier molecular flexibility index (Phi) is 3.66. The van der Waals surface area contributed by atoms with Gasteiger partial charge in [-0.15, -0.1) is 0 Å². The Labute approximate surface area is 119 Å². The van der Waals surface area contributed by atoms with E-state index in [1.807, 2.05) is 18.2 Å². The van der Waals surface area contributed by atoms with Gasteiger partial charge in [0.2, 0.25) is 0 Å². The minimum atomic E-state index is 0.0305. The van der Waals surface area contributed by atoms with Crippen LogP contribution in [-0.4, -0.2) is 23.6 Å². The highest BCUT2D eigenvalue weighted by Crippen LogP contribution is 2.37. The van der Waals surface area contributed by atoms with Crippen LogP contribution in [-0.2, 0) is 5.41 Å². The maximum atomic E-state index is 6.13. The van der Waals surface area contributed by atoms with Crippen molar-refractivity contribution in [2.45, 2.75) is 43.9 Å². The van der Waals surface area contributed by atoms with Crippen molar-refractivity contribution in [2.24, 2.45) is 5.73 Å². The number of benzene rings is 1. The number of hydrogen-bond acceptors (Lipinski definition) is 3. The number of aromatic nitrogens is 2. The molecule has 1 saturated carbocycles. The van der Waals surface area contributed by atoms with Crippen molar-refractivity contribution >= 4 is 11.0 Å². The Morgan fingerprint density at radius 3 is 2.65 bits per heavy atom. The molecule has 4 heteroatoms. The number of ether oxygens (including phenoxy) is 1. The number of nitrogens with two attached hydrogens (primary N) is 1. The fourth-order valence-corrected chi connectivity index (χ4v) is 3.31. The fraction of sp³-hybridized carbons (Fsp3) is 0.562. The van der Waals surface area contributed by atoms with Gasteiger partial charge in [-0.3, -0.25) is 0 Å². The Morgan fingerprint density at radius 1 is 1.25 bits per heavy atom. The summed E-state index contributed by atoms with van der Waals surface area (Å²) in [6, 6.07) is 5.97. The van der Waals surface area contributed by atoms with E-state index in [9.17, 15) is 0 Å². The number of H-pyrrole nitrogens is 1. The first kappa shape index (κ1) is 13.4. The van der Waals surface area contributed by atoms with Crippen LogP contribution in [0.3, 0.4) is 0 Å². The third-order valence-corrected chi connectivity index (χ3v) is 4.64. The zero-order valence-electron chi connectivity index (χ0n) is 12.1. The standard InChI is InChI=1S/C16H23N3O/c1-20-12-6-7-13-14(10-12)19-15(18-13)16(11-17)8-4-2-3-5-9-16/h6-7,10H,2-5,8-9,11,17H2,1H3,(H,18,19). The summed E-state index contributed by atoms with van der Waals surface area (Å²) in [4.78, 5) is 8.29. The van der Waals surface area contributed by atoms with Gasteiger partial charge in [0.15, 0.2) is 0 Å². The molecule has 108 valence electrons. The maximum absolute atomic E-state index is 6.13. The van der Waals surface area contributed by atoms with Crippen LogP contribution in [0.1, 0.15) is 44.3 Å². The lowest BCUT2D eigenvalue weighted by molar-refractivity contribution is 0.362. The molecule has 1 heterocycles. The summed E-state index contributed by atoms with van der Waals surface area (Å²) in [6.45, 7) is 0.671. The van der Waals surface area contributed by atoms with E-state index in [2.05, 4.69) is 4.98 Å². The SMILES string of the molecule is COc1ccc2nc(C3(CN)CCCCCC3)[nH]c2c1. The molecule has 2 aromatic rings. The lowest BCUT2D eigenvalue weighted by Crippen LogP contribution is -2.35. The summed E-state index contributed by atoms with van der Waals surface area (Å²) in [5.74, 6) is 1.92. The smallest absolute Gasteiger partial charge is 0.121 e. The lowest BCUT2D eigenvalue weighted by Gasteiger charge is -2.29. The third kappa shape index (κ3) is 2.29. The zero-order valence-corrected chi connectivity index (χ0v) is 12.1. The van der Waals surface area contributed by atoms with Gasteiger partial charge in [0, 0.05) is 18.0 Å². The molecule has 4 nitrogen and oxygen atoms in total. The van der Waals surface area contributed by atoms with Crippen molar-refractivity contribution in [1.29, 1.82) is 0 Å². The van der Waals surface area contributed by atoms with E-state index in [0.717, 1.165) is 35.4 Å². The Morgan fingerprint density at radius 2 is 2.00 bits per heavy atom. The normalized spacial score (nSPS) is 18.9. The van der Waals surface area contributed by atoms with Crippen molar-refractivity contribution in [3.63, 3.8) is 0 Å². The number of nitrogens with zero attached hydrogens (tertiary/aromatic N) is 1. The van der Waals surface area contributed by atoms with Gasteiger partial charge in [-0.1, -0.05) is 25.7 Å². The highest BCUT2D eigenvalue weighted by atomic mass is 16.5. The second kappa shape index (κ2) is 5.44. The number of rotatable bonds is 3. The van der Waals surface area contributed by atoms with Gasteiger partial charge in [0.05, 0.1) is 18.1 Å². The number of methoxy groups -OCH3 is 1. The summed E-state index contributed by atoms with van der Waals surface area (Å²) in [6.07, 6.45) is 7.40.